The van der Waals surface area contributed by atoms with Crippen LogP contribution in [-0.2, 0) is 9.47 Å². The van der Waals surface area contributed by atoms with Crippen LogP contribution in [0.3, 0.4) is 0 Å². The van der Waals surface area contributed by atoms with Crippen LogP contribution in [0.15, 0.2) is 12.1 Å². The predicted octanol–water partition coefficient (Wildman–Crippen LogP) is 2.44. The van der Waals surface area contributed by atoms with E-state index in [0.717, 1.165) is 31.6 Å². The second-order valence-electron chi connectivity index (χ2n) is 9.45. The average Bonchev–Trinajstić information content (AvgIpc) is 3.53. The van der Waals surface area contributed by atoms with Gasteiger partial charge in [-0.25, -0.2) is 4.98 Å². The van der Waals surface area contributed by atoms with E-state index in [4.69, 9.17) is 14.2 Å². The zero-order chi connectivity index (χ0) is 23.8. The molecule has 2 fully saturated rings. The van der Waals surface area contributed by atoms with E-state index >= 15 is 0 Å². The van der Waals surface area contributed by atoms with Crippen molar-refractivity contribution < 1.29 is 28.5 Å². The van der Waals surface area contributed by atoms with Crippen LogP contribution < -0.4 is 15.0 Å². The Morgan fingerprint density at radius 2 is 2.12 bits per heavy atom. The maximum Gasteiger partial charge on any atom is 0.270 e. The molecule has 3 atom stereocenters. The van der Waals surface area contributed by atoms with Crippen molar-refractivity contribution in [2.24, 2.45) is 17.8 Å². The molecule has 1 saturated carbocycles. The van der Waals surface area contributed by atoms with Crippen LogP contribution in [0.4, 0.5) is 10.1 Å². The van der Waals surface area contributed by atoms with Gasteiger partial charge in [0.15, 0.2) is 0 Å². The molecule has 1 aromatic heterocycles. The summed E-state index contributed by atoms with van der Waals surface area (Å²) in [7, 11) is 1.70. The van der Waals surface area contributed by atoms with Crippen molar-refractivity contribution in [2.75, 3.05) is 58.2 Å². The molecule has 1 unspecified atom stereocenters. The van der Waals surface area contributed by atoms with Gasteiger partial charge in [-0.15, -0.1) is 0 Å². The second-order valence-corrected chi connectivity index (χ2v) is 9.45. The van der Waals surface area contributed by atoms with Crippen LogP contribution in [0.2, 0.25) is 0 Å². The number of halogens is 1. The van der Waals surface area contributed by atoms with Crippen LogP contribution in [0.5, 0.6) is 5.88 Å². The number of amides is 1. The summed E-state index contributed by atoms with van der Waals surface area (Å²) in [6.07, 6.45) is 2.22. The van der Waals surface area contributed by atoms with Gasteiger partial charge in [-0.05, 0) is 49.1 Å². The number of alkyl halides is 1. The molecule has 2 N–H and O–H groups in total. The van der Waals surface area contributed by atoms with Crippen LogP contribution in [-0.4, -0.2) is 81.4 Å². The molecule has 1 aliphatic carbocycles. The van der Waals surface area contributed by atoms with Crippen molar-refractivity contribution in [1.29, 1.82) is 0 Å². The number of aromatic nitrogens is 1. The molecule has 9 heteroatoms. The first-order valence-corrected chi connectivity index (χ1v) is 11.9. The van der Waals surface area contributed by atoms with Gasteiger partial charge >= 0.3 is 0 Å². The third kappa shape index (κ3) is 7.52. The Morgan fingerprint density at radius 1 is 1.33 bits per heavy atom. The number of anilines is 1. The van der Waals surface area contributed by atoms with Crippen LogP contribution >= 0.6 is 0 Å². The van der Waals surface area contributed by atoms with Gasteiger partial charge in [0.2, 0.25) is 5.88 Å². The fraction of sp³-hybridized carbons (Fsp3) is 0.750. The van der Waals surface area contributed by atoms with Crippen molar-refractivity contribution in [2.45, 2.75) is 45.3 Å². The zero-order valence-electron chi connectivity index (χ0n) is 20.0. The number of nitrogens with one attached hydrogen (secondary N) is 1. The van der Waals surface area contributed by atoms with E-state index in [9.17, 15) is 14.3 Å². The maximum absolute atomic E-state index is 13.0. The van der Waals surface area contributed by atoms with Gasteiger partial charge in [-0.1, -0.05) is 13.8 Å². The summed E-state index contributed by atoms with van der Waals surface area (Å²) in [6.45, 7) is 6.55. The number of pyridine rings is 1. The highest BCUT2D eigenvalue weighted by Crippen LogP contribution is 2.39. The largest absolute Gasteiger partial charge is 0.476 e. The first kappa shape index (κ1) is 25.6. The molecule has 0 radical (unpaired) electrons. The second kappa shape index (κ2) is 12.5. The SMILES string of the molecule is COC1CN(c2ccc(C(=O)NC(COCCCF)CC(C)C)nc2OC[C@H]2C[C@@H]2CO)C1. The molecule has 0 aromatic carbocycles. The predicted molar refractivity (Wildman–Crippen MR) is 124 cm³/mol. The van der Waals surface area contributed by atoms with Gasteiger partial charge in [0.1, 0.15) is 11.4 Å². The Bertz CT molecular complexity index is 760. The van der Waals surface area contributed by atoms with E-state index in [-0.39, 0.29) is 36.3 Å². The van der Waals surface area contributed by atoms with E-state index < -0.39 is 6.67 Å². The van der Waals surface area contributed by atoms with E-state index in [0.29, 0.717) is 44.0 Å². The molecule has 1 amide bonds. The van der Waals surface area contributed by atoms with Gasteiger partial charge in [0.05, 0.1) is 32.0 Å². The number of carbonyl (C=O) groups is 1. The lowest BCUT2D eigenvalue weighted by atomic mass is 10.0. The summed E-state index contributed by atoms with van der Waals surface area (Å²) in [5.41, 5.74) is 1.12. The fourth-order valence-electron chi connectivity index (χ4n) is 3.99. The van der Waals surface area contributed by atoms with E-state index in [1.807, 2.05) is 6.07 Å². The lowest BCUT2D eigenvalue weighted by Gasteiger charge is -2.40. The minimum atomic E-state index is -0.414. The van der Waals surface area contributed by atoms with Crippen molar-refractivity contribution in [1.82, 2.24) is 10.3 Å². The molecule has 2 heterocycles. The highest BCUT2D eigenvalue weighted by Gasteiger charge is 2.37. The van der Waals surface area contributed by atoms with E-state index in [1.165, 1.54) is 0 Å². The number of aliphatic hydroxyl groups excluding tert-OH is 1. The van der Waals surface area contributed by atoms with Gasteiger partial charge in [0, 0.05) is 33.4 Å². The van der Waals surface area contributed by atoms with Crippen molar-refractivity contribution >= 4 is 11.6 Å². The third-order valence-corrected chi connectivity index (χ3v) is 6.17. The Hall–Kier alpha value is -1.97. The Labute approximate surface area is 195 Å². The molecule has 0 bridgehead atoms. The number of carbonyl (C=O) groups excluding carboxylic acids is 1. The molecule has 3 rings (SSSR count). The molecule has 186 valence electrons. The van der Waals surface area contributed by atoms with Gasteiger partial charge < -0.3 is 29.5 Å². The number of hydrogen-bond donors (Lipinski definition) is 2. The van der Waals surface area contributed by atoms with Gasteiger partial charge in [0.25, 0.3) is 5.91 Å². The molecular formula is C24H38FN3O5. The lowest BCUT2D eigenvalue weighted by molar-refractivity contribution is 0.0777. The average molecular weight is 468 g/mol. The number of aliphatic hydroxyl groups is 1. The Morgan fingerprint density at radius 3 is 2.76 bits per heavy atom. The number of hydrogen-bond acceptors (Lipinski definition) is 7. The van der Waals surface area contributed by atoms with E-state index in [2.05, 4.69) is 29.0 Å². The minimum absolute atomic E-state index is 0.170. The summed E-state index contributed by atoms with van der Waals surface area (Å²) in [6, 6.07) is 3.40. The van der Waals surface area contributed by atoms with Crippen molar-refractivity contribution in [3.8, 4) is 5.88 Å². The van der Waals surface area contributed by atoms with Crippen LogP contribution in [0.1, 0.15) is 43.6 Å². The highest BCUT2D eigenvalue weighted by molar-refractivity contribution is 5.93. The first-order valence-electron chi connectivity index (χ1n) is 11.9. The summed E-state index contributed by atoms with van der Waals surface area (Å²) in [4.78, 5) is 19.6. The summed E-state index contributed by atoms with van der Waals surface area (Å²) in [5, 5.41) is 12.3. The summed E-state index contributed by atoms with van der Waals surface area (Å²) in [5.74, 6) is 1.12. The quantitative estimate of drug-likeness (QED) is 0.383. The highest BCUT2D eigenvalue weighted by atomic mass is 19.1. The minimum Gasteiger partial charge on any atom is -0.476 e. The normalized spacial score (nSPS) is 21.1. The molecule has 8 nitrogen and oxygen atoms in total. The molecule has 1 aliphatic heterocycles. The van der Waals surface area contributed by atoms with Gasteiger partial charge in [-0.3, -0.25) is 9.18 Å². The molecular weight excluding hydrogens is 429 g/mol. The number of rotatable bonds is 15. The van der Waals surface area contributed by atoms with Crippen molar-refractivity contribution in [3.63, 3.8) is 0 Å². The smallest absolute Gasteiger partial charge is 0.270 e. The van der Waals surface area contributed by atoms with E-state index in [1.54, 1.807) is 13.2 Å². The Kier molecular flexibility index (Phi) is 9.70. The molecule has 0 spiro atoms. The summed E-state index contributed by atoms with van der Waals surface area (Å²) < 4.78 is 29.3. The zero-order valence-corrected chi connectivity index (χ0v) is 20.0. The van der Waals surface area contributed by atoms with Crippen molar-refractivity contribution in [3.05, 3.63) is 17.8 Å². The fourth-order valence-corrected chi connectivity index (χ4v) is 3.99. The standard InChI is InChI=1S/C24H38FN3O5/c1-16(2)9-19(15-32-8-4-7-25)26-23(30)21-5-6-22(28-11-20(12-28)31-3)24(27-21)33-14-18-10-17(18)13-29/h5-6,16-20,29H,4,7-15H2,1-3H3,(H,26,30)/t17-,18-,19?/m1/s1. The summed E-state index contributed by atoms with van der Waals surface area (Å²) >= 11 is 0. The lowest BCUT2D eigenvalue weighted by Crippen LogP contribution is -2.52. The number of methoxy groups -OCH3 is 1. The number of nitrogens with zero attached hydrogens (tertiary/aromatic N) is 2. The monoisotopic (exact) mass is 467 g/mol. The van der Waals surface area contributed by atoms with Crippen LogP contribution in [0.25, 0.3) is 0 Å². The number of ether oxygens (including phenoxy) is 3. The Balaban J connectivity index is 1.66. The van der Waals surface area contributed by atoms with Crippen LogP contribution in [0, 0.1) is 17.8 Å². The third-order valence-electron chi connectivity index (χ3n) is 6.17. The molecule has 33 heavy (non-hydrogen) atoms. The maximum atomic E-state index is 13.0. The molecule has 2 aliphatic rings. The molecule has 1 saturated heterocycles. The molecule has 1 aromatic rings. The first-order chi connectivity index (χ1) is 15.9. The topological polar surface area (TPSA) is 93.2 Å². The van der Waals surface area contributed by atoms with Gasteiger partial charge in [-0.2, -0.15) is 0 Å².